The van der Waals surface area contributed by atoms with Gasteiger partial charge in [0.05, 0.1) is 23.3 Å². The van der Waals surface area contributed by atoms with Crippen LogP contribution in [0.5, 0.6) is 0 Å². The lowest BCUT2D eigenvalue weighted by Crippen LogP contribution is -2.33. The molecule has 0 radical (unpaired) electrons. The van der Waals surface area contributed by atoms with Gasteiger partial charge in [-0.1, -0.05) is 19.9 Å². The fourth-order valence-electron chi connectivity index (χ4n) is 4.57. The molecule has 4 rings (SSSR count). The number of benzene rings is 1. The molecule has 2 atom stereocenters. The van der Waals surface area contributed by atoms with E-state index >= 15 is 0 Å². The number of hydrogen-bond acceptors (Lipinski definition) is 3. The summed E-state index contributed by atoms with van der Waals surface area (Å²) in [5, 5.41) is 13.5. The minimum Gasteiger partial charge on any atom is -0.478 e. The number of pyridine rings is 1. The van der Waals surface area contributed by atoms with Crippen molar-refractivity contribution in [2.45, 2.75) is 39.8 Å². The van der Waals surface area contributed by atoms with Crippen LogP contribution in [-0.2, 0) is 0 Å². The largest absolute Gasteiger partial charge is 0.478 e. The molecule has 1 saturated heterocycles. The molecule has 0 aliphatic carbocycles. The van der Waals surface area contributed by atoms with Crippen molar-refractivity contribution in [2.75, 3.05) is 6.54 Å². The second-order valence-electron chi connectivity index (χ2n) is 8.69. The molecule has 0 amide bonds. The summed E-state index contributed by atoms with van der Waals surface area (Å²) < 4.78 is 2.17. The summed E-state index contributed by atoms with van der Waals surface area (Å²) in [6, 6.07) is 15.1. The standard InChI is InChI=1S/C25H28N4O2S/c1-15(2)14-28-23(22(27-25(28)32)21-7-5-6-12-26-21)20-13-16(3)29(17(20)4)19-10-8-18(9-11-19)24(30)31/h5-13,15,22-23H,14H2,1-4H3,(H,27,32)(H,30,31)/t22-,23-/m0/s1. The van der Waals surface area contributed by atoms with Crippen molar-refractivity contribution in [1.82, 2.24) is 19.8 Å². The summed E-state index contributed by atoms with van der Waals surface area (Å²) in [5.41, 5.74) is 5.56. The van der Waals surface area contributed by atoms with Gasteiger partial charge >= 0.3 is 5.97 Å². The third kappa shape index (κ3) is 4.00. The van der Waals surface area contributed by atoms with Crippen molar-refractivity contribution in [2.24, 2.45) is 5.92 Å². The van der Waals surface area contributed by atoms with E-state index < -0.39 is 5.97 Å². The van der Waals surface area contributed by atoms with Crippen molar-refractivity contribution in [3.63, 3.8) is 0 Å². The summed E-state index contributed by atoms with van der Waals surface area (Å²) in [6.07, 6.45) is 1.81. The summed E-state index contributed by atoms with van der Waals surface area (Å²) in [5.74, 6) is -0.474. The second-order valence-corrected chi connectivity index (χ2v) is 9.07. The van der Waals surface area contributed by atoms with Crippen LogP contribution in [0.4, 0.5) is 0 Å². The minimum absolute atomic E-state index is 0.0121. The van der Waals surface area contributed by atoms with Gasteiger partial charge in [0.2, 0.25) is 0 Å². The van der Waals surface area contributed by atoms with Gasteiger partial charge in [-0.05, 0) is 80.0 Å². The number of aromatic carboxylic acids is 1. The zero-order valence-electron chi connectivity index (χ0n) is 18.7. The first-order valence-electron chi connectivity index (χ1n) is 10.8. The Balaban J connectivity index is 1.80. The molecule has 6 nitrogen and oxygen atoms in total. The molecular weight excluding hydrogens is 420 g/mol. The molecule has 0 unspecified atom stereocenters. The van der Waals surface area contributed by atoms with E-state index in [1.165, 1.54) is 5.56 Å². The van der Waals surface area contributed by atoms with Gasteiger partial charge in [0.15, 0.2) is 5.11 Å². The van der Waals surface area contributed by atoms with Crippen molar-refractivity contribution in [1.29, 1.82) is 0 Å². The molecule has 0 spiro atoms. The first kappa shape index (κ1) is 22.0. The first-order valence-corrected chi connectivity index (χ1v) is 11.2. The number of nitrogens with zero attached hydrogens (tertiary/aromatic N) is 3. The Morgan fingerprint density at radius 1 is 1.19 bits per heavy atom. The van der Waals surface area contributed by atoms with Crippen LogP contribution in [0.2, 0.25) is 0 Å². The molecule has 3 heterocycles. The lowest BCUT2D eigenvalue weighted by atomic mass is 9.96. The van der Waals surface area contributed by atoms with Crippen LogP contribution >= 0.6 is 12.2 Å². The Morgan fingerprint density at radius 2 is 1.91 bits per heavy atom. The predicted octanol–water partition coefficient (Wildman–Crippen LogP) is 4.82. The third-order valence-electron chi connectivity index (χ3n) is 5.92. The number of carboxylic acids is 1. The molecule has 1 aliphatic heterocycles. The highest BCUT2D eigenvalue weighted by Crippen LogP contribution is 2.41. The lowest BCUT2D eigenvalue weighted by Gasteiger charge is -2.29. The van der Waals surface area contributed by atoms with Crippen LogP contribution in [0.1, 0.15) is 58.9 Å². The van der Waals surface area contributed by atoms with E-state index in [9.17, 15) is 9.90 Å². The topological polar surface area (TPSA) is 70.4 Å². The van der Waals surface area contributed by atoms with E-state index in [2.05, 4.69) is 53.5 Å². The Labute approximate surface area is 193 Å². The van der Waals surface area contributed by atoms with Gasteiger partial charge in [0.1, 0.15) is 0 Å². The maximum Gasteiger partial charge on any atom is 0.335 e. The lowest BCUT2D eigenvalue weighted by molar-refractivity contribution is 0.0697. The normalized spacial score (nSPS) is 18.3. The maximum atomic E-state index is 11.2. The fourth-order valence-corrected chi connectivity index (χ4v) is 4.89. The van der Waals surface area contributed by atoms with Gasteiger partial charge in [-0.2, -0.15) is 0 Å². The Kier molecular flexibility index (Phi) is 6.02. The van der Waals surface area contributed by atoms with E-state index in [0.717, 1.165) is 34.4 Å². The number of hydrogen-bond donors (Lipinski definition) is 2. The van der Waals surface area contributed by atoms with E-state index in [-0.39, 0.29) is 17.6 Å². The van der Waals surface area contributed by atoms with Crippen molar-refractivity contribution in [3.8, 4) is 5.69 Å². The Bertz CT molecular complexity index is 1140. The van der Waals surface area contributed by atoms with E-state index in [1.54, 1.807) is 12.1 Å². The highest BCUT2D eigenvalue weighted by Gasteiger charge is 2.41. The average Bonchev–Trinajstić information content (AvgIpc) is 3.23. The van der Waals surface area contributed by atoms with E-state index in [0.29, 0.717) is 5.92 Å². The van der Waals surface area contributed by atoms with Crippen LogP contribution in [0.3, 0.4) is 0 Å². The zero-order chi connectivity index (χ0) is 23.0. The van der Waals surface area contributed by atoms with Gasteiger partial charge in [-0.25, -0.2) is 4.79 Å². The maximum absolute atomic E-state index is 11.2. The van der Waals surface area contributed by atoms with Gasteiger partial charge in [0, 0.05) is 29.8 Å². The van der Waals surface area contributed by atoms with Crippen LogP contribution in [0.25, 0.3) is 5.69 Å². The number of carbonyl (C=O) groups is 1. The molecule has 0 saturated carbocycles. The van der Waals surface area contributed by atoms with Crippen LogP contribution in [-0.4, -0.2) is 37.2 Å². The molecule has 166 valence electrons. The second kappa shape index (κ2) is 8.74. The Morgan fingerprint density at radius 3 is 2.50 bits per heavy atom. The number of carboxylic acid groups (broad SMARTS) is 1. The van der Waals surface area contributed by atoms with Crippen molar-refractivity contribution >= 4 is 23.3 Å². The number of aryl methyl sites for hydroxylation is 1. The molecule has 1 fully saturated rings. The molecule has 2 aromatic heterocycles. The molecule has 1 aliphatic rings. The highest BCUT2D eigenvalue weighted by molar-refractivity contribution is 7.80. The van der Waals surface area contributed by atoms with Crippen LogP contribution in [0, 0.1) is 19.8 Å². The average molecular weight is 449 g/mol. The number of rotatable bonds is 6. The monoisotopic (exact) mass is 448 g/mol. The number of thiocarbonyl (C=S) groups is 1. The smallest absolute Gasteiger partial charge is 0.335 e. The quantitative estimate of drug-likeness (QED) is 0.527. The summed E-state index contributed by atoms with van der Waals surface area (Å²) in [6.45, 7) is 9.42. The summed E-state index contributed by atoms with van der Waals surface area (Å²) in [4.78, 5) is 18.1. The summed E-state index contributed by atoms with van der Waals surface area (Å²) in [7, 11) is 0. The van der Waals surface area contributed by atoms with Crippen LogP contribution < -0.4 is 5.32 Å². The molecule has 3 aromatic rings. The number of nitrogens with one attached hydrogen (secondary N) is 1. The fraction of sp³-hybridized carbons (Fsp3) is 0.320. The molecule has 7 heteroatoms. The SMILES string of the molecule is Cc1cc([C@H]2[C@H](c3ccccn3)NC(=S)N2CC(C)C)c(C)n1-c1ccc(C(=O)O)cc1. The highest BCUT2D eigenvalue weighted by atomic mass is 32.1. The van der Waals surface area contributed by atoms with E-state index in [4.69, 9.17) is 12.2 Å². The molecule has 1 aromatic carbocycles. The zero-order valence-corrected chi connectivity index (χ0v) is 19.6. The Hall–Kier alpha value is -3.19. The molecular formula is C25H28N4O2S. The number of aromatic nitrogens is 2. The first-order chi connectivity index (χ1) is 15.3. The predicted molar refractivity (Wildman–Crippen MR) is 129 cm³/mol. The van der Waals surface area contributed by atoms with Crippen molar-refractivity contribution < 1.29 is 9.90 Å². The van der Waals surface area contributed by atoms with Gasteiger partial charge in [-0.3, -0.25) is 4.98 Å². The van der Waals surface area contributed by atoms with Crippen LogP contribution in [0.15, 0.2) is 54.7 Å². The van der Waals surface area contributed by atoms with Gasteiger partial charge in [0.25, 0.3) is 0 Å². The van der Waals surface area contributed by atoms with E-state index in [1.807, 2.05) is 36.5 Å². The van der Waals surface area contributed by atoms with Crippen molar-refractivity contribution in [3.05, 3.63) is 82.9 Å². The van der Waals surface area contributed by atoms with Gasteiger partial charge in [-0.15, -0.1) is 0 Å². The molecule has 0 bridgehead atoms. The molecule has 32 heavy (non-hydrogen) atoms. The third-order valence-corrected chi connectivity index (χ3v) is 6.27. The molecule has 2 N–H and O–H groups in total. The summed E-state index contributed by atoms with van der Waals surface area (Å²) >= 11 is 5.75. The van der Waals surface area contributed by atoms with Gasteiger partial charge < -0.3 is 19.9 Å². The minimum atomic E-state index is -0.925.